The molecule has 2 atom stereocenters. The van der Waals surface area contributed by atoms with Gasteiger partial charge in [0.1, 0.15) is 11.6 Å². The first kappa shape index (κ1) is 18.8. The summed E-state index contributed by atoms with van der Waals surface area (Å²) in [4.78, 5) is 14.1. The zero-order valence-electron chi connectivity index (χ0n) is 14.7. The van der Waals surface area contributed by atoms with Gasteiger partial charge >= 0.3 is 0 Å². The predicted octanol–water partition coefficient (Wildman–Crippen LogP) is 1.48. The van der Waals surface area contributed by atoms with Gasteiger partial charge in [-0.3, -0.25) is 4.79 Å². The molecule has 1 amide bonds. The highest BCUT2D eigenvalue weighted by molar-refractivity contribution is 5.83. The average Bonchev–Trinajstić information content (AvgIpc) is 2.98. The molecule has 0 aliphatic rings. The van der Waals surface area contributed by atoms with E-state index in [1.54, 1.807) is 18.7 Å². The Morgan fingerprint density at radius 2 is 2.08 bits per heavy atom. The molecule has 0 bridgehead atoms. The number of amides is 1. The summed E-state index contributed by atoms with van der Waals surface area (Å²) in [5, 5.41) is 14.1. The van der Waals surface area contributed by atoms with E-state index >= 15 is 0 Å². The summed E-state index contributed by atoms with van der Waals surface area (Å²) in [6.07, 6.45) is 0. The molecule has 7 nitrogen and oxygen atoms in total. The van der Waals surface area contributed by atoms with Crippen molar-refractivity contribution in [2.24, 2.45) is 13.0 Å². The predicted molar refractivity (Wildman–Crippen MR) is 89.0 cm³/mol. The first-order chi connectivity index (χ1) is 11.8. The normalized spacial score (nSPS) is 13.4. The number of anilines is 1. The van der Waals surface area contributed by atoms with Gasteiger partial charge in [0.05, 0.1) is 5.92 Å². The molecule has 2 aromatic rings. The minimum Gasteiger partial charge on any atom is -0.355 e. The molecule has 9 heteroatoms. The minimum absolute atomic E-state index is 0.121. The van der Waals surface area contributed by atoms with Gasteiger partial charge in [-0.1, -0.05) is 18.1 Å². The van der Waals surface area contributed by atoms with Crippen LogP contribution in [0.4, 0.5) is 14.7 Å². The molecule has 0 aliphatic carbocycles. The number of nitrogens with one attached hydrogen (secondary N) is 1. The van der Waals surface area contributed by atoms with E-state index in [1.165, 1.54) is 6.07 Å². The maximum Gasteiger partial charge on any atom is 0.245 e. The summed E-state index contributed by atoms with van der Waals surface area (Å²) in [5.41, 5.74) is 0.175. The molecular weight excluding hydrogens is 330 g/mol. The second kappa shape index (κ2) is 8.00. The smallest absolute Gasteiger partial charge is 0.245 e. The third kappa shape index (κ3) is 4.71. The van der Waals surface area contributed by atoms with Crippen LogP contribution in [-0.2, 0) is 11.8 Å². The number of carbonyl (C=O) groups excluding carboxylic acids is 1. The molecule has 0 radical (unpaired) electrons. The fraction of sp³-hybridized carbons (Fsp3) is 0.500. The van der Waals surface area contributed by atoms with Gasteiger partial charge in [-0.15, -0.1) is 0 Å². The lowest BCUT2D eigenvalue weighted by Crippen LogP contribution is -2.36. The molecule has 0 saturated heterocycles. The Hall–Kier alpha value is -2.58. The Labute approximate surface area is 145 Å². The van der Waals surface area contributed by atoms with Crippen LogP contribution in [0.15, 0.2) is 18.2 Å². The molecular formula is C16H22F2N6O. The van der Waals surface area contributed by atoms with Crippen LogP contribution in [0.1, 0.15) is 25.3 Å². The summed E-state index contributed by atoms with van der Waals surface area (Å²) in [6, 6.07) is 3.23. The van der Waals surface area contributed by atoms with Crippen molar-refractivity contribution < 1.29 is 13.6 Å². The zero-order valence-corrected chi connectivity index (χ0v) is 14.7. The lowest BCUT2D eigenvalue weighted by atomic mass is 9.99. The van der Waals surface area contributed by atoms with E-state index in [-0.39, 0.29) is 17.4 Å². The van der Waals surface area contributed by atoms with Crippen molar-refractivity contribution in [2.75, 3.05) is 25.0 Å². The number of halogens is 2. The summed E-state index contributed by atoms with van der Waals surface area (Å²) >= 11 is 0. The van der Waals surface area contributed by atoms with Crippen molar-refractivity contribution in [1.82, 2.24) is 25.5 Å². The van der Waals surface area contributed by atoms with Gasteiger partial charge in [-0.2, -0.15) is 0 Å². The monoisotopic (exact) mass is 352 g/mol. The standard InChI is InChI=1S/C16H22F2N6O/c1-10(9-23(3)16-20-21-22-24(16)4)8-19-15(25)11(2)13-6-5-12(17)7-14(13)18/h5-7,10-11H,8-9H2,1-4H3,(H,19,25). The lowest BCUT2D eigenvalue weighted by Gasteiger charge is -2.22. The highest BCUT2D eigenvalue weighted by Gasteiger charge is 2.20. The van der Waals surface area contributed by atoms with Gasteiger partial charge in [-0.05, 0) is 29.3 Å². The number of benzene rings is 1. The van der Waals surface area contributed by atoms with Crippen molar-refractivity contribution in [1.29, 1.82) is 0 Å². The molecule has 0 saturated carbocycles. The number of hydrogen-bond donors (Lipinski definition) is 1. The quantitative estimate of drug-likeness (QED) is 0.817. The molecule has 0 spiro atoms. The zero-order chi connectivity index (χ0) is 18.6. The van der Waals surface area contributed by atoms with Gasteiger partial charge in [0, 0.05) is 38.8 Å². The Bertz CT molecular complexity index is 735. The van der Waals surface area contributed by atoms with Crippen LogP contribution in [0.2, 0.25) is 0 Å². The minimum atomic E-state index is -0.717. The van der Waals surface area contributed by atoms with Gasteiger partial charge in [0.25, 0.3) is 0 Å². The van der Waals surface area contributed by atoms with Crippen molar-refractivity contribution in [3.63, 3.8) is 0 Å². The Balaban J connectivity index is 1.87. The van der Waals surface area contributed by atoms with Crippen molar-refractivity contribution in [2.45, 2.75) is 19.8 Å². The van der Waals surface area contributed by atoms with Crippen LogP contribution in [0, 0.1) is 17.6 Å². The summed E-state index contributed by atoms with van der Waals surface area (Å²) in [5.74, 6) is -1.64. The number of aryl methyl sites for hydroxylation is 1. The first-order valence-electron chi connectivity index (χ1n) is 7.95. The van der Waals surface area contributed by atoms with Crippen molar-refractivity contribution in [3.8, 4) is 0 Å². The Kier molecular flexibility index (Phi) is 6.00. The second-order valence-electron chi connectivity index (χ2n) is 6.22. The number of aromatic nitrogens is 4. The topological polar surface area (TPSA) is 75.9 Å². The van der Waals surface area contributed by atoms with Crippen LogP contribution in [0.5, 0.6) is 0 Å². The van der Waals surface area contributed by atoms with Gasteiger partial charge in [-0.25, -0.2) is 13.5 Å². The number of carbonyl (C=O) groups is 1. The van der Waals surface area contributed by atoms with E-state index in [2.05, 4.69) is 20.8 Å². The molecule has 136 valence electrons. The highest BCUT2D eigenvalue weighted by atomic mass is 19.1. The third-order valence-corrected chi connectivity index (χ3v) is 3.97. The van der Waals surface area contributed by atoms with Gasteiger partial charge < -0.3 is 10.2 Å². The SMILES string of the molecule is CC(CNC(=O)C(C)c1ccc(F)cc1F)CN(C)c1nnnn1C. The van der Waals surface area contributed by atoms with E-state index in [1.807, 2.05) is 18.9 Å². The van der Waals surface area contributed by atoms with Crippen molar-refractivity contribution in [3.05, 3.63) is 35.4 Å². The van der Waals surface area contributed by atoms with Crippen LogP contribution >= 0.6 is 0 Å². The third-order valence-electron chi connectivity index (χ3n) is 3.97. The van der Waals surface area contributed by atoms with E-state index in [9.17, 15) is 13.6 Å². The Morgan fingerprint density at radius 1 is 1.36 bits per heavy atom. The average molecular weight is 352 g/mol. The van der Waals surface area contributed by atoms with E-state index in [4.69, 9.17) is 0 Å². The van der Waals surface area contributed by atoms with Crippen molar-refractivity contribution >= 4 is 11.9 Å². The van der Waals surface area contributed by atoms with E-state index in [0.717, 1.165) is 12.1 Å². The van der Waals surface area contributed by atoms with Crippen LogP contribution in [0.3, 0.4) is 0 Å². The largest absolute Gasteiger partial charge is 0.355 e. The van der Waals surface area contributed by atoms with Crippen LogP contribution in [-0.4, -0.2) is 46.3 Å². The lowest BCUT2D eigenvalue weighted by molar-refractivity contribution is -0.122. The molecule has 1 N–H and O–H groups in total. The molecule has 1 aromatic heterocycles. The Morgan fingerprint density at radius 3 is 2.68 bits per heavy atom. The first-order valence-corrected chi connectivity index (χ1v) is 7.95. The molecule has 25 heavy (non-hydrogen) atoms. The van der Waals surface area contributed by atoms with Gasteiger partial charge in [0.2, 0.25) is 11.9 Å². The maximum absolute atomic E-state index is 13.8. The second-order valence-corrected chi connectivity index (χ2v) is 6.22. The fourth-order valence-electron chi connectivity index (χ4n) is 2.58. The molecule has 2 rings (SSSR count). The number of tetrazole rings is 1. The number of hydrogen-bond acceptors (Lipinski definition) is 5. The van der Waals surface area contributed by atoms with Crippen LogP contribution < -0.4 is 10.2 Å². The summed E-state index contributed by atoms with van der Waals surface area (Å²) < 4.78 is 28.3. The van der Waals surface area contributed by atoms with E-state index < -0.39 is 17.6 Å². The van der Waals surface area contributed by atoms with Gasteiger partial charge in [0.15, 0.2) is 0 Å². The summed E-state index contributed by atoms with van der Waals surface area (Å²) in [6.45, 7) is 4.62. The summed E-state index contributed by atoms with van der Waals surface area (Å²) in [7, 11) is 3.61. The maximum atomic E-state index is 13.8. The highest BCUT2D eigenvalue weighted by Crippen LogP contribution is 2.20. The number of nitrogens with zero attached hydrogens (tertiary/aromatic N) is 5. The molecule has 0 aliphatic heterocycles. The molecule has 1 heterocycles. The molecule has 2 unspecified atom stereocenters. The fourth-order valence-corrected chi connectivity index (χ4v) is 2.58. The van der Waals surface area contributed by atoms with Crippen LogP contribution in [0.25, 0.3) is 0 Å². The van der Waals surface area contributed by atoms with E-state index in [0.29, 0.717) is 19.0 Å². The molecule has 0 fully saturated rings. The number of rotatable bonds is 7. The molecule has 1 aromatic carbocycles.